The van der Waals surface area contributed by atoms with Crippen molar-refractivity contribution in [1.29, 1.82) is 0 Å². The van der Waals surface area contributed by atoms with Crippen molar-refractivity contribution in [2.45, 2.75) is 23.5 Å². The Labute approximate surface area is 220 Å². The van der Waals surface area contributed by atoms with E-state index in [1.54, 1.807) is 0 Å². The number of aliphatic imine (C=N–C) groups is 1. The summed E-state index contributed by atoms with van der Waals surface area (Å²) in [4.78, 5) is 35.8. The second-order valence-corrected chi connectivity index (χ2v) is 9.83. The Morgan fingerprint density at radius 2 is 1.42 bits per heavy atom. The molecule has 4 aromatic carbocycles. The molecule has 4 atom stereocenters. The molecule has 0 N–H and O–H groups in total. The van der Waals surface area contributed by atoms with E-state index in [0.717, 1.165) is 22.4 Å². The molecule has 7 rings (SSSR count). The first kappa shape index (κ1) is 22.4. The number of para-hydroxylation sites is 1. The number of ether oxygens (including phenoxy) is 1. The largest absolute Gasteiger partial charge is 0.405 e. The minimum absolute atomic E-state index is 0.0532. The summed E-state index contributed by atoms with van der Waals surface area (Å²) in [5.41, 5.74) is 2.76. The number of carbonyl (C=O) groups is 2. The molecule has 1 fully saturated rings. The highest BCUT2D eigenvalue weighted by molar-refractivity contribution is 6.12. The maximum absolute atomic E-state index is 14.4. The number of ketones is 1. The highest BCUT2D eigenvalue weighted by Crippen LogP contribution is 2.55. The van der Waals surface area contributed by atoms with Gasteiger partial charge in [-0.1, -0.05) is 109 Å². The summed E-state index contributed by atoms with van der Waals surface area (Å²) in [6.07, 6.45) is 4.04. The van der Waals surface area contributed by atoms with Crippen molar-refractivity contribution in [2.24, 2.45) is 4.99 Å². The molecule has 1 spiro atoms. The maximum Gasteiger partial charge on any atom is 0.344 e. The Morgan fingerprint density at radius 3 is 2.16 bits per heavy atom. The van der Waals surface area contributed by atoms with Crippen molar-refractivity contribution in [2.75, 3.05) is 4.90 Å². The van der Waals surface area contributed by atoms with Gasteiger partial charge in [-0.05, 0) is 29.3 Å². The summed E-state index contributed by atoms with van der Waals surface area (Å²) in [7, 11) is 0. The van der Waals surface area contributed by atoms with Crippen LogP contribution in [0.25, 0.3) is 6.08 Å². The lowest BCUT2D eigenvalue weighted by molar-refractivity contribution is -0.139. The van der Waals surface area contributed by atoms with Gasteiger partial charge in [0.2, 0.25) is 5.90 Å². The molecule has 0 aliphatic carbocycles. The summed E-state index contributed by atoms with van der Waals surface area (Å²) >= 11 is 0. The van der Waals surface area contributed by atoms with E-state index in [9.17, 15) is 9.59 Å². The first-order chi connectivity index (χ1) is 18.7. The van der Waals surface area contributed by atoms with Crippen molar-refractivity contribution in [3.05, 3.63) is 144 Å². The zero-order valence-electron chi connectivity index (χ0n) is 20.5. The molecular formula is C33H24N2O3. The highest BCUT2D eigenvalue weighted by atomic mass is 16.6. The number of rotatable bonds is 4. The smallest absolute Gasteiger partial charge is 0.344 e. The van der Waals surface area contributed by atoms with Crippen molar-refractivity contribution < 1.29 is 14.3 Å². The zero-order valence-corrected chi connectivity index (χ0v) is 20.5. The van der Waals surface area contributed by atoms with Crippen LogP contribution in [0.4, 0.5) is 5.69 Å². The van der Waals surface area contributed by atoms with E-state index >= 15 is 0 Å². The summed E-state index contributed by atoms with van der Waals surface area (Å²) in [6.45, 7) is 0. The van der Waals surface area contributed by atoms with E-state index < -0.39 is 29.5 Å². The number of anilines is 1. The number of hydrogen-bond donors (Lipinski definition) is 0. The molecule has 0 saturated carbocycles. The Kier molecular flexibility index (Phi) is 5.11. The molecule has 0 bridgehead atoms. The Hall–Kier alpha value is -4.77. The van der Waals surface area contributed by atoms with Gasteiger partial charge in [0.05, 0.1) is 12.0 Å². The second-order valence-electron chi connectivity index (χ2n) is 9.83. The molecule has 3 heterocycles. The van der Waals surface area contributed by atoms with Gasteiger partial charge in [-0.15, -0.1) is 0 Å². The van der Waals surface area contributed by atoms with Crippen LogP contribution in [0.15, 0.2) is 126 Å². The van der Waals surface area contributed by atoms with E-state index in [1.165, 1.54) is 0 Å². The first-order valence-corrected chi connectivity index (χ1v) is 12.8. The Bertz CT molecular complexity index is 1600. The summed E-state index contributed by atoms with van der Waals surface area (Å²) in [6, 6.07) is 35.4. The van der Waals surface area contributed by atoms with Crippen molar-refractivity contribution in [3.8, 4) is 0 Å². The van der Waals surface area contributed by atoms with E-state index in [-0.39, 0.29) is 11.7 Å². The standard InChI is InChI=1S/C33H24N2O3/c36-30(24-15-6-2-7-16-24)29-28(23-13-4-1-5-14-23)33(27-21-20-22-12-10-11-19-26(22)35(27)29)32(37)38-31(34-33)25-17-8-3-9-18-25/h1-21,27-29H/t27?,28-,29+,33-/m1/s1. The van der Waals surface area contributed by atoms with Gasteiger partial charge in [-0.2, -0.15) is 0 Å². The maximum atomic E-state index is 14.4. The molecule has 4 aromatic rings. The van der Waals surface area contributed by atoms with Crippen molar-refractivity contribution in [1.82, 2.24) is 0 Å². The lowest BCUT2D eigenvalue weighted by Crippen LogP contribution is -2.49. The molecular weight excluding hydrogens is 472 g/mol. The molecule has 3 aliphatic rings. The van der Waals surface area contributed by atoms with Gasteiger partial charge in [0, 0.05) is 16.8 Å². The van der Waals surface area contributed by atoms with Crippen molar-refractivity contribution >= 4 is 29.4 Å². The Balaban J connectivity index is 1.51. The predicted octanol–water partition coefficient (Wildman–Crippen LogP) is 5.68. The van der Waals surface area contributed by atoms with Crippen LogP contribution in [0.1, 0.15) is 33.0 Å². The van der Waals surface area contributed by atoms with Gasteiger partial charge in [0.15, 0.2) is 11.3 Å². The van der Waals surface area contributed by atoms with Crippen molar-refractivity contribution in [3.63, 3.8) is 0 Å². The van der Waals surface area contributed by atoms with Gasteiger partial charge in [0.25, 0.3) is 0 Å². The van der Waals surface area contributed by atoms with E-state index in [4.69, 9.17) is 9.73 Å². The first-order valence-electron chi connectivity index (χ1n) is 12.8. The van der Waals surface area contributed by atoms with Crippen LogP contribution in [-0.2, 0) is 9.53 Å². The third-order valence-electron chi connectivity index (χ3n) is 7.82. The minimum Gasteiger partial charge on any atom is -0.405 e. The van der Waals surface area contributed by atoms with Gasteiger partial charge in [-0.25, -0.2) is 9.79 Å². The average Bonchev–Trinajstić information content (AvgIpc) is 3.49. The number of cyclic esters (lactones) is 1. The number of fused-ring (bicyclic) bond motifs is 4. The quantitative estimate of drug-likeness (QED) is 0.269. The van der Waals surface area contributed by atoms with Crippen LogP contribution >= 0.6 is 0 Å². The molecule has 38 heavy (non-hydrogen) atoms. The molecule has 0 aromatic heterocycles. The SMILES string of the molecule is O=C(c1ccccc1)[C@@H]1[C@@H](c2ccccc2)[C@]2(N=C(c3ccccc3)OC2=O)C2C=Cc3ccccc3N21. The molecule has 3 aliphatic heterocycles. The lowest BCUT2D eigenvalue weighted by Gasteiger charge is -2.35. The average molecular weight is 497 g/mol. The monoisotopic (exact) mass is 496 g/mol. The van der Waals surface area contributed by atoms with E-state index in [1.807, 2.05) is 127 Å². The van der Waals surface area contributed by atoms with Crippen LogP contribution in [0, 0.1) is 0 Å². The van der Waals surface area contributed by atoms with Gasteiger partial charge in [-0.3, -0.25) is 4.79 Å². The number of nitrogens with zero attached hydrogens (tertiary/aromatic N) is 2. The van der Waals surface area contributed by atoms with Gasteiger partial charge >= 0.3 is 5.97 Å². The molecule has 5 heteroatoms. The van der Waals surface area contributed by atoms with Crippen LogP contribution in [0.5, 0.6) is 0 Å². The molecule has 1 unspecified atom stereocenters. The Morgan fingerprint density at radius 1 is 0.789 bits per heavy atom. The lowest BCUT2D eigenvalue weighted by atomic mass is 9.74. The van der Waals surface area contributed by atoms with Crippen LogP contribution in [-0.4, -0.2) is 35.3 Å². The van der Waals surface area contributed by atoms with E-state index in [0.29, 0.717) is 5.56 Å². The fraction of sp³-hybridized carbons (Fsp3) is 0.121. The van der Waals surface area contributed by atoms with Gasteiger partial charge in [0.1, 0.15) is 6.04 Å². The molecule has 0 radical (unpaired) electrons. The zero-order chi connectivity index (χ0) is 25.7. The topological polar surface area (TPSA) is 59.0 Å². The molecule has 184 valence electrons. The number of Topliss-reactive ketones (excluding diaryl/α,β-unsaturated/α-hetero) is 1. The predicted molar refractivity (Wildman–Crippen MR) is 147 cm³/mol. The molecule has 0 amide bonds. The fourth-order valence-corrected chi connectivity index (χ4v) is 6.21. The number of hydrogen-bond acceptors (Lipinski definition) is 5. The number of carbonyl (C=O) groups excluding carboxylic acids is 2. The fourth-order valence-electron chi connectivity index (χ4n) is 6.21. The van der Waals surface area contributed by atoms with Crippen LogP contribution in [0.2, 0.25) is 0 Å². The van der Waals surface area contributed by atoms with Crippen LogP contribution < -0.4 is 4.90 Å². The summed E-state index contributed by atoms with van der Waals surface area (Å²) in [5, 5.41) is 0. The third kappa shape index (κ3) is 3.21. The summed E-state index contributed by atoms with van der Waals surface area (Å²) in [5.74, 6) is -0.780. The number of esters is 1. The van der Waals surface area contributed by atoms with Gasteiger partial charge < -0.3 is 9.64 Å². The number of benzene rings is 4. The highest BCUT2D eigenvalue weighted by Gasteiger charge is 2.69. The normalized spacial score (nSPS) is 25.1. The molecule has 1 saturated heterocycles. The van der Waals surface area contributed by atoms with E-state index in [2.05, 4.69) is 4.90 Å². The third-order valence-corrected chi connectivity index (χ3v) is 7.82. The summed E-state index contributed by atoms with van der Waals surface area (Å²) < 4.78 is 5.95. The minimum atomic E-state index is -1.34. The van der Waals surface area contributed by atoms with Crippen LogP contribution in [0.3, 0.4) is 0 Å². The molecule has 5 nitrogen and oxygen atoms in total. The second kappa shape index (κ2) is 8.67.